The van der Waals surface area contributed by atoms with Crippen LogP contribution in [-0.4, -0.2) is 30.9 Å². The Labute approximate surface area is 201 Å². The van der Waals surface area contributed by atoms with Crippen LogP contribution in [-0.2, 0) is 21.0 Å². The maximum absolute atomic E-state index is 13.3. The Kier molecular flexibility index (Phi) is 6.63. The fraction of sp³-hybridized carbons (Fsp3) is 0.136. The smallest absolute Gasteiger partial charge is 0.418 e. The summed E-state index contributed by atoms with van der Waals surface area (Å²) in [6.07, 6.45) is -3.13. The summed E-state index contributed by atoms with van der Waals surface area (Å²) in [5.74, 6) is -0.500. The van der Waals surface area contributed by atoms with E-state index in [0.29, 0.717) is 11.4 Å². The van der Waals surface area contributed by atoms with Gasteiger partial charge in [-0.15, -0.1) is 11.3 Å². The molecule has 0 unspecified atom stereocenters. The maximum atomic E-state index is 13.3. The lowest BCUT2D eigenvalue weighted by Gasteiger charge is -2.14. The van der Waals surface area contributed by atoms with Gasteiger partial charge in [0.2, 0.25) is 0 Å². The number of fused-ring (bicyclic) bond motifs is 1. The lowest BCUT2D eigenvalue weighted by Crippen LogP contribution is -2.20. The van der Waals surface area contributed by atoms with Crippen LogP contribution >= 0.6 is 11.3 Å². The van der Waals surface area contributed by atoms with E-state index in [1.807, 2.05) is 0 Å². The Morgan fingerprint density at radius 1 is 1.14 bits per heavy atom. The number of hydrogen-bond acceptors (Lipinski definition) is 7. The zero-order chi connectivity index (χ0) is 25.2. The van der Waals surface area contributed by atoms with Gasteiger partial charge in [0.1, 0.15) is 5.75 Å². The second-order valence-electron chi connectivity index (χ2n) is 7.27. The molecule has 2 aromatic heterocycles. The van der Waals surface area contributed by atoms with Crippen LogP contribution in [0.15, 0.2) is 65.0 Å². The first-order valence-corrected chi connectivity index (χ1v) is 12.3. The van der Waals surface area contributed by atoms with Crippen LogP contribution in [0, 0.1) is 6.92 Å². The van der Waals surface area contributed by atoms with E-state index in [1.165, 1.54) is 55.6 Å². The van der Waals surface area contributed by atoms with E-state index in [4.69, 9.17) is 4.74 Å². The summed E-state index contributed by atoms with van der Waals surface area (Å²) in [6.45, 7) is 1.04. The van der Waals surface area contributed by atoms with Crippen LogP contribution in [0.1, 0.15) is 11.3 Å². The summed E-state index contributed by atoms with van der Waals surface area (Å²) in [5.41, 5.74) is -0.555. The summed E-state index contributed by atoms with van der Waals surface area (Å²) in [5, 5.41) is 4.53. The van der Waals surface area contributed by atoms with Crippen LogP contribution in [0.5, 0.6) is 5.75 Å². The molecule has 0 saturated heterocycles. The number of carbonyl (C=O) groups excluding carboxylic acids is 1. The van der Waals surface area contributed by atoms with Gasteiger partial charge in [-0.05, 0) is 43.3 Å². The number of hydrogen-bond donors (Lipinski definition) is 2. The number of ether oxygens (including phenoxy) is 1. The monoisotopic (exact) mass is 522 g/mol. The van der Waals surface area contributed by atoms with Crippen LogP contribution in [0.4, 0.5) is 24.0 Å². The molecule has 0 fully saturated rings. The van der Waals surface area contributed by atoms with Crippen molar-refractivity contribution in [2.75, 3.05) is 16.6 Å². The van der Waals surface area contributed by atoms with E-state index in [9.17, 15) is 26.4 Å². The van der Waals surface area contributed by atoms with E-state index >= 15 is 0 Å². The van der Waals surface area contributed by atoms with Gasteiger partial charge in [0.15, 0.2) is 11.7 Å². The van der Waals surface area contributed by atoms with Gasteiger partial charge < -0.3 is 10.1 Å². The summed E-state index contributed by atoms with van der Waals surface area (Å²) >= 11 is 1.13. The Bertz CT molecular complexity index is 1470. The molecular weight excluding hydrogens is 505 g/mol. The van der Waals surface area contributed by atoms with Gasteiger partial charge in [-0.3, -0.25) is 14.5 Å². The average Bonchev–Trinajstić information content (AvgIpc) is 3.29. The summed E-state index contributed by atoms with van der Waals surface area (Å²) in [4.78, 5) is 20.2. The molecule has 2 heterocycles. The van der Waals surface area contributed by atoms with Crippen LogP contribution in [0.3, 0.4) is 0 Å². The van der Waals surface area contributed by atoms with Crippen LogP contribution in [0.2, 0.25) is 0 Å². The van der Waals surface area contributed by atoms with Gasteiger partial charge >= 0.3 is 6.18 Å². The first-order valence-electron chi connectivity index (χ1n) is 9.95. The Morgan fingerprint density at radius 2 is 1.89 bits per heavy atom. The minimum absolute atomic E-state index is 0.0267. The van der Waals surface area contributed by atoms with E-state index in [0.717, 1.165) is 17.4 Å². The molecule has 0 spiro atoms. The maximum Gasteiger partial charge on any atom is 0.418 e. The van der Waals surface area contributed by atoms with Crippen molar-refractivity contribution in [2.45, 2.75) is 18.0 Å². The van der Waals surface area contributed by atoms with Crippen molar-refractivity contribution in [3.63, 3.8) is 0 Å². The van der Waals surface area contributed by atoms with E-state index in [2.05, 4.69) is 20.0 Å². The van der Waals surface area contributed by atoms with Crippen LogP contribution < -0.4 is 14.8 Å². The molecule has 1 amide bonds. The molecule has 0 aliphatic heterocycles. The van der Waals surface area contributed by atoms with Crippen molar-refractivity contribution in [1.82, 2.24) is 9.97 Å². The molecule has 4 rings (SSSR count). The van der Waals surface area contributed by atoms with Gasteiger partial charge in [0.25, 0.3) is 15.9 Å². The molecule has 0 aliphatic rings. The number of rotatable bonds is 7. The predicted octanol–water partition coefficient (Wildman–Crippen LogP) is 4.84. The SMILES string of the molecule is Cc1cc(OCC(=O)Nc2ccc(S(=O)(=O)Nc3nccs3)cc2)c2cccc(C(F)(F)F)c2n1. The van der Waals surface area contributed by atoms with Gasteiger partial charge in [-0.2, -0.15) is 13.2 Å². The molecule has 2 N–H and O–H groups in total. The number of benzene rings is 2. The fourth-order valence-corrected chi connectivity index (χ4v) is 4.98. The molecule has 0 saturated carbocycles. The van der Waals surface area contributed by atoms with Crippen molar-refractivity contribution in [3.8, 4) is 5.75 Å². The number of alkyl halides is 3. The Morgan fingerprint density at radius 3 is 2.54 bits per heavy atom. The number of aromatic nitrogens is 2. The third-order valence-electron chi connectivity index (χ3n) is 4.70. The quantitative estimate of drug-likeness (QED) is 0.360. The zero-order valence-corrected chi connectivity index (χ0v) is 19.6. The number of nitrogens with zero attached hydrogens (tertiary/aromatic N) is 2. The number of halogens is 3. The molecule has 0 radical (unpaired) electrons. The first kappa shape index (κ1) is 24.4. The van der Waals surface area contributed by atoms with E-state index in [-0.39, 0.29) is 26.7 Å². The highest BCUT2D eigenvalue weighted by Crippen LogP contribution is 2.36. The average molecular weight is 523 g/mol. The molecule has 35 heavy (non-hydrogen) atoms. The molecule has 182 valence electrons. The van der Waals surface area contributed by atoms with Crippen molar-refractivity contribution >= 4 is 49.0 Å². The summed E-state index contributed by atoms with van der Waals surface area (Å²) in [7, 11) is -3.84. The van der Waals surface area contributed by atoms with Crippen molar-refractivity contribution in [3.05, 3.63) is 71.4 Å². The number of pyridine rings is 1. The molecule has 4 aromatic rings. The number of para-hydroxylation sites is 1. The lowest BCUT2D eigenvalue weighted by molar-refractivity contribution is -0.136. The molecule has 2 aromatic carbocycles. The topological polar surface area (TPSA) is 110 Å². The van der Waals surface area contributed by atoms with Crippen molar-refractivity contribution < 1.29 is 31.1 Å². The predicted molar refractivity (Wildman–Crippen MR) is 125 cm³/mol. The fourth-order valence-electron chi connectivity index (χ4n) is 3.19. The highest BCUT2D eigenvalue weighted by Gasteiger charge is 2.33. The highest BCUT2D eigenvalue weighted by atomic mass is 32.2. The third-order valence-corrected chi connectivity index (χ3v) is 6.87. The minimum Gasteiger partial charge on any atom is -0.483 e. The molecule has 0 bridgehead atoms. The minimum atomic E-state index is -4.59. The summed E-state index contributed by atoms with van der Waals surface area (Å²) in [6, 6.07) is 10.5. The van der Waals surface area contributed by atoms with Crippen molar-refractivity contribution in [2.24, 2.45) is 0 Å². The third kappa shape index (κ3) is 5.69. The summed E-state index contributed by atoms with van der Waals surface area (Å²) < 4.78 is 72.7. The second-order valence-corrected chi connectivity index (χ2v) is 9.84. The molecule has 8 nitrogen and oxygen atoms in total. The first-order chi connectivity index (χ1) is 16.5. The highest BCUT2D eigenvalue weighted by molar-refractivity contribution is 7.93. The number of sulfonamides is 1. The lowest BCUT2D eigenvalue weighted by atomic mass is 10.1. The Balaban J connectivity index is 1.44. The number of amides is 1. The normalized spacial score (nSPS) is 11.9. The number of aryl methyl sites for hydroxylation is 1. The largest absolute Gasteiger partial charge is 0.483 e. The number of nitrogens with one attached hydrogen (secondary N) is 2. The van der Waals surface area contributed by atoms with E-state index in [1.54, 1.807) is 5.38 Å². The molecular formula is C22H17F3N4O4S2. The van der Waals surface area contributed by atoms with Gasteiger partial charge in [-0.25, -0.2) is 13.4 Å². The van der Waals surface area contributed by atoms with Gasteiger partial charge in [0.05, 0.1) is 16.0 Å². The molecule has 0 atom stereocenters. The second kappa shape index (κ2) is 9.50. The van der Waals surface area contributed by atoms with E-state index < -0.39 is 34.3 Å². The molecule has 0 aliphatic carbocycles. The van der Waals surface area contributed by atoms with Gasteiger partial charge in [0, 0.05) is 34.4 Å². The van der Waals surface area contributed by atoms with Crippen LogP contribution in [0.25, 0.3) is 10.9 Å². The standard InChI is InChI=1S/C22H17F3N4O4S2/c1-13-11-18(16-3-2-4-17(20(16)27-13)22(23,24)25)33-12-19(30)28-14-5-7-15(8-6-14)35(31,32)29-21-26-9-10-34-21/h2-11H,12H2,1H3,(H,26,29)(H,28,30). The van der Waals surface area contributed by atoms with Gasteiger partial charge in [-0.1, -0.05) is 6.07 Å². The van der Waals surface area contributed by atoms with Crippen molar-refractivity contribution in [1.29, 1.82) is 0 Å². The zero-order valence-electron chi connectivity index (χ0n) is 18.0. The molecule has 13 heteroatoms. The Hall–Kier alpha value is -3.71. The number of anilines is 2. The number of thiazole rings is 1. The number of carbonyl (C=O) groups is 1.